The van der Waals surface area contributed by atoms with Crippen molar-refractivity contribution in [2.45, 2.75) is 55.4 Å². The molecule has 0 bridgehead atoms. The lowest BCUT2D eigenvalue weighted by Crippen LogP contribution is -2.11. The number of aromatic nitrogens is 1. The molecule has 64 heavy (non-hydrogen) atoms. The van der Waals surface area contributed by atoms with E-state index in [2.05, 4.69) is 221 Å². The normalized spacial score (nSPS) is 12.1. The molecule has 0 radical (unpaired) electrons. The average Bonchev–Trinajstić information content (AvgIpc) is 3.91. The zero-order valence-electron chi connectivity index (χ0n) is 37.7. The van der Waals surface area contributed by atoms with Gasteiger partial charge in [0.05, 0.1) is 16.6 Å². The largest absolute Gasteiger partial charge is 0.456 e. The number of benzene rings is 9. The van der Waals surface area contributed by atoms with Crippen LogP contribution in [0.3, 0.4) is 0 Å². The van der Waals surface area contributed by atoms with Crippen LogP contribution >= 0.6 is 0 Å². The van der Waals surface area contributed by atoms with Crippen molar-refractivity contribution in [1.29, 1.82) is 0 Å². The zero-order chi connectivity index (χ0) is 43.7. The molecule has 0 amide bonds. The van der Waals surface area contributed by atoms with Crippen LogP contribution in [0.25, 0.3) is 70.8 Å². The molecule has 0 atom stereocenters. The Balaban J connectivity index is 1.08. The number of aryl methyl sites for hydroxylation is 8. The summed E-state index contributed by atoms with van der Waals surface area (Å²) in [5.74, 6) is 0. The van der Waals surface area contributed by atoms with Gasteiger partial charge in [-0.15, -0.1) is 0 Å². The molecule has 310 valence electrons. The minimum absolute atomic E-state index is 0.873. The Morgan fingerprint density at radius 2 is 0.859 bits per heavy atom. The summed E-state index contributed by atoms with van der Waals surface area (Å²) in [7, 11) is 0. The van der Waals surface area contributed by atoms with Crippen molar-refractivity contribution in [3.8, 4) is 0 Å². The van der Waals surface area contributed by atoms with Gasteiger partial charge in [0.15, 0.2) is 0 Å². The molecule has 4 heteroatoms. The van der Waals surface area contributed by atoms with Gasteiger partial charge in [-0.3, -0.25) is 0 Å². The van der Waals surface area contributed by atoms with Crippen molar-refractivity contribution in [3.05, 3.63) is 196 Å². The third-order valence-corrected chi connectivity index (χ3v) is 13.8. The first-order valence-electron chi connectivity index (χ1n) is 22.4. The molecule has 0 saturated carbocycles. The van der Waals surface area contributed by atoms with Crippen LogP contribution in [0.1, 0.15) is 44.5 Å². The Morgan fingerprint density at radius 3 is 1.45 bits per heavy atom. The average molecular weight is 828 g/mol. The highest BCUT2D eigenvalue weighted by Gasteiger charge is 2.23. The van der Waals surface area contributed by atoms with Gasteiger partial charge in [0.25, 0.3) is 0 Å². The van der Waals surface area contributed by atoms with Crippen molar-refractivity contribution < 1.29 is 4.42 Å². The predicted octanol–water partition coefficient (Wildman–Crippen LogP) is 17.3. The highest BCUT2D eigenvalue weighted by Crippen LogP contribution is 2.46. The fraction of sp³-hybridized carbons (Fsp3) is 0.133. The summed E-state index contributed by atoms with van der Waals surface area (Å²) >= 11 is 0. The number of fused-ring (bicyclic) bond motifs is 11. The highest BCUT2D eigenvalue weighted by atomic mass is 16.3. The van der Waals surface area contributed by atoms with Gasteiger partial charge in [0.2, 0.25) is 0 Å². The molecule has 0 spiro atoms. The molecule has 0 aliphatic rings. The summed E-state index contributed by atoms with van der Waals surface area (Å²) in [6, 6.07) is 56.9. The van der Waals surface area contributed by atoms with Gasteiger partial charge in [-0.25, -0.2) is 0 Å². The molecule has 12 rings (SSSR count). The minimum Gasteiger partial charge on any atom is -0.456 e. The second kappa shape index (κ2) is 14.0. The van der Waals surface area contributed by atoms with E-state index in [1.165, 1.54) is 93.4 Å². The molecule has 0 aliphatic heterocycles. The van der Waals surface area contributed by atoms with Crippen LogP contribution < -0.4 is 9.80 Å². The van der Waals surface area contributed by atoms with Crippen LogP contribution in [-0.4, -0.2) is 4.40 Å². The maximum atomic E-state index is 6.83. The molecule has 0 N–H and O–H groups in total. The summed E-state index contributed by atoms with van der Waals surface area (Å²) in [4.78, 5) is 4.78. The maximum Gasteiger partial charge on any atom is 0.137 e. The molecular formula is C60H49N3O. The van der Waals surface area contributed by atoms with Crippen LogP contribution in [0.5, 0.6) is 0 Å². The topological polar surface area (TPSA) is 24.0 Å². The molecule has 0 unspecified atom stereocenters. The number of anilines is 6. The first-order valence-corrected chi connectivity index (χ1v) is 22.4. The van der Waals surface area contributed by atoms with E-state index < -0.39 is 0 Å². The van der Waals surface area contributed by atoms with E-state index >= 15 is 0 Å². The summed E-state index contributed by atoms with van der Waals surface area (Å²) < 4.78 is 9.34. The Labute approximate surface area is 373 Å². The summed E-state index contributed by atoms with van der Waals surface area (Å²) in [5.41, 5.74) is 22.3. The second-order valence-electron chi connectivity index (χ2n) is 18.5. The van der Waals surface area contributed by atoms with Gasteiger partial charge in [0.1, 0.15) is 11.2 Å². The lowest BCUT2D eigenvalue weighted by Gasteiger charge is -2.27. The number of rotatable bonds is 6. The number of hydrogen-bond acceptors (Lipinski definition) is 3. The number of nitrogens with zero attached hydrogens (tertiary/aromatic N) is 3. The Bertz CT molecular complexity index is 3860. The van der Waals surface area contributed by atoms with E-state index in [0.717, 1.165) is 56.1 Å². The first kappa shape index (κ1) is 38.1. The van der Waals surface area contributed by atoms with Crippen LogP contribution in [0.2, 0.25) is 0 Å². The van der Waals surface area contributed by atoms with Crippen LogP contribution in [0.4, 0.5) is 34.1 Å². The van der Waals surface area contributed by atoms with Crippen molar-refractivity contribution in [1.82, 2.24) is 4.40 Å². The Morgan fingerprint density at radius 1 is 0.344 bits per heavy atom. The van der Waals surface area contributed by atoms with Gasteiger partial charge in [0, 0.05) is 72.5 Å². The fourth-order valence-electron chi connectivity index (χ4n) is 10.6. The second-order valence-corrected chi connectivity index (χ2v) is 18.5. The highest BCUT2D eigenvalue weighted by molar-refractivity contribution is 6.27. The summed E-state index contributed by atoms with van der Waals surface area (Å²) in [6.45, 7) is 17.5. The third kappa shape index (κ3) is 5.82. The first-order chi connectivity index (χ1) is 31.0. The number of para-hydroxylation sites is 1. The lowest BCUT2D eigenvalue weighted by molar-refractivity contribution is 0.669. The van der Waals surface area contributed by atoms with E-state index in [1.54, 1.807) is 0 Å². The van der Waals surface area contributed by atoms with Gasteiger partial charge >= 0.3 is 0 Å². The van der Waals surface area contributed by atoms with Crippen LogP contribution in [0, 0.1) is 55.4 Å². The van der Waals surface area contributed by atoms with Crippen molar-refractivity contribution in [2.75, 3.05) is 9.80 Å². The van der Waals surface area contributed by atoms with Gasteiger partial charge in [-0.1, -0.05) is 54.6 Å². The molecule has 12 aromatic rings. The summed E-state index contributed by atoms with van der Waals surface area (Å²) in [5, 5.41) is 9.70. The van der Waals surface area contributed by atoms with E-state index in [1.807, 2.05) is 0 Å². The molecule has 0 fully saturated rings. The maximum absolute atomic E-state index is 6.83. The molecule has 3 aromatic heterocycles. The minimum atomic E-state index is 0.873. The molecule has 9 aromatic carbocycles. The zero-order valence-corrected chi connectivity index (χ0v) is 37.7. The molecule has 0 aliphatic carbocycles. The van der Waals surface area contributed by atoms with Crippen LogP contribution in [-0.2, 0) is 0 Å². The van der Waals surface area contributed by atoms with Crippen LogP contribution in [0.15, 0.2) is 156 Å². The predicted molar refractivity (Wildman–Crippen MR) is 273 cm³/mol. The SMILES string of the molecule is Cc1cc(C)cc(N(c2ccc(C)c(C)c2)c2ccc3c(c2)oc2ccc4cc5c6cccc7c8ccc(N(c9cc(C)cc(C)c9)c9ccc(C)c(C)c9)cc8n(c5cc4c23)c76)c1. The van der Waals surface area contributed by atoms with Gasteiger partial charge in [-0.2, -0.15) is 0 Å². The molecule has 4 nitrogen and oxygen atoms in total. The monoisotopic (exact) mass is 827 g/mol. The molecule has 0 saturated heterocycles. The number of furan rings is 1. The molecule has 3 heterocycles. The van der Waals surface area contributed by atoms with E-state index in [9.17, 15) is 0 Å². The quantitative estimate of drug-likeness (QED) is 0.167. The van der Waals surface area contributed by atoms with Gasteiger partial charge in [-0.05, 0) is 202 Å². The lowest BCUT2D eigenvalue weighted by atomic mass is 10.00. The Hall–Kier alpha value is -7.56. The van der Waals surface area contributed by atoms with Crippen molar-refractivity contribution in [3.63, 3.8) is 0 Å². The number of hydrogen-bond donors (Lipinski definition) is 0. The van der Waals surface area contributed by atoms with Crippen molar-refractivity contribution >= 4 is 105 Å². The third-order valence-electron chi connectivity index (χ3n) is 13.8. The van der Waals surface area contributed by atoms with E-state index in [4.69, 9.17) is 4.42 Å². The smallest absolute Gasteiger partial charge is 0.137 e. The van der Waals surface area contributed by atoms with Crippen molar-refractivity contribution in [2.24, 2.45) is 0 Å². The Kier molecular flexibility index (Phi) is 8.33. The summed E-state index contributed by atoms with van der Waals surface area (Å²) in [6.07, 6.45) is 0. The van der Waals surface area contributed by atoms with Gasteiger partial charge < -0.3 is 18.6 Å². The fourth-order valence-corrected chi connectivity index (χ4v) is 10.6. The van der Waals surface area contributed by atoms with E-state index in [-0.39, 0.29) is 0 Å². The standard InChI is InChI=1S/C60H49N3O/c1-34-22-35(2)25-47(24-34)61(43-15-12-38(5)40(7)28-43)45-17-19-49-50-10-9-11-51-54-30-42-14-21-57-59(53(42)33-56(54)63(60(50)51)55(49)31-45)52-20-18-46(32-58(52)64-57)62(44-16-13-39(6)41(8)29-44)48-26-36(3)23-37(4)27-48/h9-33H,1-8H3. The van der Waals surface area contributed by atoms with E-state index in [0.29, 0.717) is 0 Å². The molecular weight excluding hydrogens is 779 g/mol.